The van der Waals surface area contributed by atoms with Crippen LogP contribution < -0.4 is 69.3 Å². The molecule has 7 nitrogen and oxygen atoms in total. The molecule has 2 atom stereocenters. The van der Waals surface area contributed by atoms with Crippen molar-refractivity contribution in [3.8, 4) is 5.75 Å². The SMILES string of the molecule is CCCCCCCC([O-])=N[C@H](c1cccc([O-])c1)[C@@H](C)OP(=O)(O)O.[Na+].[Na+]. The van der Waals surface area contributed by atoms with Crippen molar-refractivity contribution < 1.29 is 88.2 Å². The first kappa shape index (κ1) is 29.8. The first-order chi connectivity index (χ1) is 11.7. The molecule has 1 aromatic rings. The van der Waals surface area contributed by atoms with Gasteiger partial charge in [0.25, 0.3) is 0 Å². The Kier molecular flexibility index (Phi) is 17.0. The van der Waals surface area contributed by atoms with Crippen molar-refractivity contribution in [3.05, 3.63) is 29.8 Å². The van der Waals surface area contributed by atoms with Crippen LogP contribution in [-0.2, 0) is 9.09 Å². The van der Waals surface area contributed by atoms with E-state index >= 15 is 0 Å². The summed E-state index contributed by atoms with van der Waals surface area (Å²) in [4.78, 5) is 22.0. The number of hydrogen-bond acceptors (Lipinski definition) is 5. The zero-order chi connectivity index (χ0) is 18.9. The minimum Gasteiger partial charge on any atom is -0.872 e. The van der Waals surface area contributed by atoms with Crippen LogP contribution in [0.2, 0.25) is 0 Å². The summed E-state index contributed by atoms with van der Waals surface area (Å²) in [5.41, 5.74) is 0.396. The van der Waals surface area contributed by atoms with Gasteiger partial charge in [-0.25, -0.2) is 4.57 Å². The Bertz CT molecular complexity index is 611. The largest absolute Gasteiger partial charge is 1.00 e. The average molecular weight is 417 g/mol. The first-order valence-electron chi connectivity index (χ1n) is 8.47. The summed E-state index contributed by atoms with van der Waals surface area (Å²) in [7, 11) is -4.73. The third-order valence-corrected chi connectivity index (χ3v) is 4.33. The molecule has 1 aromatic carbocycles. The average Bonchev–Trinajstić information content (AvgIpc) is 2.50. The van der Waals surface area contributed by atoms with Gasteiger partial charge in [-0.1, -0.05) is 56.9 Å². The fourth-order valence-electron chi connectivity index (χ4n) is 2.52. The van der Waals surface area contributed by atoms with Crippen LogP contribution in [0.3, 0.4) is 0 Å². The van der Waals surface area contributed by atoms with Gasteiger partial charge in [-0.05, 0) is 31.2 Å². The minimum atomic E-state index is -4.73. The number of unbranched alkanes of at least 4 members (excludes halogenated alkanes) is 4. The predicted octanol–water partition coefficient (Wildman–Crippen LogP) is -3.57. The Balaban J connectivity index is 0. The van der Waals surface area contributed by atoms with Crippen LogP contribution in [0, 0.1) is 0 Å². The van der Waals surface area contributed by atoms with Gasteiger partial charge in [0.1, 0.15) is 6.04 Å². The molecular weight excluding hydrogens is 391 g/mol. The van der Waals surface area contributed by atoms with Gasteiger partial charge in [0.2, 0.25) is 0 Å². The zero-order valence-electron chi connectivity index (χ0n) is 16.6. The van der Waals surface area contributed by atoms with Crippen molar-refractivity contribution in [2.24, 2.45) is 4.99 Å². The maximum Gasteiger partial charge on any atom is 1.00 e. The molecule has 1 rings (SSSR count). The van der Waals surface area contributed by atoms with E-state index in [-0.39, 0.29) is 77.2 Å². The van der Waals surface area contributed by atoms with Gasteiger partial charge >= 0.3 is 66.9 Å². The molecule has 0 aromatic heterocycles. The van der Waals surface area contributed by atoms with E-state index in [1.165, 1.54) is 25.1 Å². The second-order valence-corrected chi connectivity index (χ2v) is 7.20. The molecule has 0 aliphatic carbocycles. The summed E-state index contributed by atoms with van der Waals surface area (Å²) >= 11 is 0. The normalized spacial score (nSPS) is 14.0. The number of benzene rings is 1. The second kappa shape index (κ2) is 15.4. The van der Waals surface area contributed by atoms with E-state index in [0.717, 1.165) is 25.7 Å². The Morgan fingerprint density at radius 1 is 1.22 bits per heavy atom. The molecule has 0 bridgehead atoms. The number of aliphatic imine (C=N–C) groups is 1. The molecule has 0 fully saturated rings. The van der Waals surface area contributed by atoms with E-state index in [2.05, 4.69) is 16.4 Å². The molecule has 0 saturated heterocycles. The number of rotatable bonds is 11. The third-order valence-electron chi connectivity index (χ3n) is 3.73. The van der Waals surface area contributed by atoms with Crippen LogP contribution in [0.5, 0.6) is 5.75 Å². The predicted molar refractivity (Wildman–Crippen MR) is 92.0 cm³/mol. The molecular formula is C17H26NNa2O6P. The second-order valence-electron chi connectivity index (χ2n) is 6.01. The van der Waals surface area contributed by atoms with Crippen molar-refractivity contribution in [2.75, 3.05) is 0 Å². The van der Waals surface area contributed by atoms with Crippen molar-refractivity contribution >= 4 is 13.7 Å². The Labute approximate surface area is 205 Å². The van der Waals surface area contributed by atoms with Crippen molar-refractivity contribution in [1.29, 1.82) is 0 Å². The summed E-state index contributed by atoms with van der Waals surface area (Å²) in [5, 5.41) is 23.7. The van der Waals surface area contributed by atoms with E-state index in [4.69, 9.17) is 9.79 Å². The number of hydrogen-bond donors (Lipinski definition) is 2. The summed E-state index contributed by atoms with van der Waals surface area (Å²) in [6, 6.07) is 4.81. The van der Waals surface area contributed by atoms with Gasteiger partial charge in [-0.2, -0.15) is 0 Å². The summed E-state index contributed by atoms with van der Waals surface area (Å²) in [5.74, 6) is -0.632. The molecule has 0 radical (unpaired) electrons. The molecule has 0 spiro atoms. The van der Waals surface area contributed by atoms with Crippen LogP contribution in [0.25, 0.3) is 0 Å². The van der Waals surface area contributed by atoms with E-state index in [1.54, 1.807) is 6.07 Å². The fourth-order valence-corrected chi connectivity index (χ4v) is 3.07. The van der Waals surface area contributed by atoms with E-state index in [0.29, 0.717) is 12.0 Å². The van der Waals surface area contributed by atoms with Crippen LogP contribution >= 0.6 is 7.82 Å². The zero-order valence-corrected chi connectivity index (χ0v) is 21.5. The quantitative estimate of drug-likeness (QED) is 0.126. The summed E-state index contributed by atoms with van der Waals surface area (Å²) in [6.45, 7) is 3.52. The van der Waals surface area contributed by atoms with Crippen molar-refractivity contribution in [2.45, 2.75) is 64.5 Å². The monoisotopic (exact) mass is 417 g/mol. The Hall–Kier alpha value is 0.600. The van der Waals surface area contributed by atoms with E-state index in [1.807, 2.05) is 0 Å². The molecule has 0 amide bonds. The van der Waals surface area contributed by atoms with E-state index in [9.17, 15) is 14.8 Å². The van der Waals surface area contributed by atoms with Gasteiger partial charge in [0, 0.05) is 0 Å². The molecule has 0 aliphatic rings. The van der Waals surface area contributed by atoms with Gasteiger partial charge in [0.15, 0.2) is 0 Å². The van der Waals surface area contributed by atoms with Crippen molar-refractivity contribution in [3.63, 3.8) is 0 Å². The molecule has 0 unspecified atom stereocenters. The van der Waals surface area contributed by atoms with Crippen LogP contribution in [0.4, 0.5) is 0 Å². The van der Waals surface area contributed by atoms with Gasteiger partial charge < -0.3 is 20.0 Å². The van der Waals surface area contributed by atoms with Crippen LogP contribution in [0.15, 0.2) is 29.3 Å². The first-order valence-corrected chi connectivity index (χ1v) is 10.0. The third kappa shape index (κ3) is 13.4. The molecule has 0 aliphatic heterocycles. The molecule has 10 heteroatoms. The standard InChI is InChI=1S/C17H28NO6P.2Na/c1-3-4-5-6-7-11-16(20)18-17(13(2)24-25(21,22)23)14-9-8-10-15(19)12-14;;/h8-10,12-13,17,19H,3-7,11H2,1-2H3,(H,18,20)(H2,21,22,23);;/q;2*+1/p-2/t13-,17+;;/m1../s1. The Morgan fingerprint density at radius 2 is 1.85 bits per heavy atom. The molecule has 0 heterocycles. The maximum atomic E-state index is 12.1. The number of nitrogens with zero attached hydrogens (tertiary/aromatic N) is 1. The summed E-state index contributed by atoms with van der Waals surface area (Å²) in [6.07, 6.45) is 4.16. The maximum absolute atomic E-state index is 12.1. The van der Waals surface area contributed by atoms with Crippen LogP contribution in [0.1, 0.15) is 64.0 Å². The Morgan fingerprint density at radius 3 is 2.41 bits per heavy atom. The molecule has 142 valence electrons. The minimum absolute atomic E-state index is 0. The van der Waals surface area contributed by atoms with E-state index < -0.39 is 20.0 Å². The molecule has 0 saturated carbocycles. The van der Waals surface area contributed by atoms with Crippen LogP contribution in [-0.4, -0.2) is 21.8 Å². The number of phosphoric ester groups is 1. The van der Waals surface area contributed by atoms with Gasteiger partial charge in [-0.15, -0.1) is 5.75 Å². The smallest absolute Gasteiger partial charge is 0.872 e. The molecule has 2 N–H and O–H groups in total. The summed E-state index contributed by atoms with van der Waals surface area (Å²) < 4.78 is 15.8. The van der Waals surface area contributed by atoms with Gasteiger partial charge in [0.05, 0.1) is 6.10 Å². The number of phosphoric acid groups is 1. The topological polar surface area (TPSA) is 125 Å². The van der Waals surface area contributed by atoms with Crippen molar-refractivity contribution in [1.82, 2.24) is 0 Å². The molecule has 27 heavy (non-hydrogen) atoms. The van der Waals surface area contributed by atoms with Gasteiger partial charge in [-0.3, -0.25) is 9.52 Å². The fraction of sp³-hybridized carbons (Fsp3) is 0.588.